The van der Waals surface area contributed by atoms with Crippen molar-refractivity contribution in [3.05, 3.63) is 17.7 Å². The Labute approximate surface area is 167 Å². The van der Waals surface area contributed by atoms with E-state index in [9.17, 15) is 0 Å². The summed E-state index contributed by atoms with van der Waals surface area (Å²) in [6.07, 6.45) is 6.18. The average molecular weight is 463 g/mol. The van der Waals surface area contributed by atoms with Crippen molar-refractivity contribution in [3.63, 3.8) is 0 Å². The molecule has 3 N–H and O–H groups in total. The summed E-state index contributed by atoms with van der Waals surface area (Å²) in [6, 6.07) is 4.27. The lowest BCUT2D eigenvalue weighted by molar-refractivity contribution is 0.288. The van der Waals surface area contributed by atoms with Gasteiger partial charge < -0.3 is 25.3 Å². The molecule has 1 saturated carbocycles. The zero-order valence-electron chi connectivity index (χ0n) is 15.3. The Morgan fingerprint density at radius 2 is 1.76 bits per heavy atom. The van der Waals surface area contributed by atoms with Crippen molar-refractivity contribution in [1.82, 2.24) is 5.32 Å². The van der Waals surface area contributed by atoms with E-state index in [1.54, 1.807) is 14.2 Å². The van der Waals surface area contributed by atoms with E-state index in [1.165, 1.54) is 32.1 Å². The van der Waals surface area contributed by atoms with E-state index >= 15 is 0 Å². The summed E-state index contributed by atoms with van der Waals surface area (Å²) in [4.78, 5) is 4.45. The molecule has 0 saturated heterocycles. The third-order valence-electron chi connectivity index (χ3n) is 4.20. The summed E-state index contributed by atoms with van der Waals surface area (Å²) in [6.45, 7) is 2.93. The highest BCUT2D eigenvalue weighted by molar-refractivity contribution is 14.0. The standard InChI is InChI=1S/C18H29N3O3.HI/c1-4-24-17-15(22-2)10-13(11-16(17)23-3)12-20-18(19)21-14-8-6-5-7-9-14;/h10-11,14H,4-9,12H2,1-3H3,(H3,19,20,21);1H. The summed E-state index contributed by atoms with van der Waals surface area (Å²) in [5.41, 5.74) is 6.98. The minimum atomic E-state index is 0. The van der Waals surface area contributed by atoms with Crippen LogP contribution in [-0.2, 0) is 6.54 Å². The molecular formula is C18H30IN3O3. The van der Waals surface area contributed by atoms with Crippen molar-refractivity contribution in [2.24, 2.45) is 10.7 Å². The van der Waals surface area contributed by atoms with Crippen molar-refractivity contribution in [1.29, 1.82) is 0 Å². The van der Waals surface area contributed by atoms with Crippen molar-refractivity contribution < 1.29 is 14.2 Å². The number of hydrogen-bond acceptors (Lipinski definition) is 4. The van der Waals surface area contributed by atoms with Gasteiger partial charge in [0.1, 0.15) is 0 Å². The molecule has 1 fully saturated rings. The monoisotopic (exact) mass is 463 g/mol. The number of halogens is 1. The van der Waals surface area contributed by atoms with E-state index in [0.717, 1.165) is 5.56 Å². The number of hydrogen-bond donors (Lipinski definition) is 2. The molecule has 0 unspecified atom stereocenters. The smallest absolute Gasteiger partial charge is 0.203 e. The van der Waals surface area contributed by atoms with Crippen LogP contribution in [0.5, 0.6) is 17.2 Å². The molecule has 0 bridgehead atoms. The van der Waals surface area contributed by atoms with Gasteiger partial charge in [-0.2, -0.15) is 0 Å². The molecule has 1 aromatic rings. The molecule has 142 valence electrons. The van der Waals surface area contributed by atoms with Crippen molar-refractivity contribution in [2.75, 3.05) is 20.8 Å². The lowest BCUT2D eigenvalue weighted by Crippen LogP contribution is -2.41. The minimum absolute atomic E-state index is 0. The van der Waals surface area contributed by atoms with Gasteiger partial charge in [0, 0.05) is 6.04 Å². The molecule has 2 rings (SSSR count). The van der Waals surface area contributed by atoms with Crippen LogP contribution < -0.4 is 25.3 Å². The molecule has 0 atom stereocenters. The van der Waals surface area contributed by atoms with Crippen LogP contribution in [0.15, 0.2) is 17.1 Å². The normalized spacial score (nSPS) is 15.2. The van der Waals surface area contributed by atoms with Crippen LogP contribution in [0.1, 0.15) is 44.6 Å². The Morgan fingerprint density at radius 3 is 2.28 bits per heavy atom. The Bertz CT molecular complexity index is 535. The number of benzene rings is 1. The number of nitrogens with one attached hydrogen (secondary N) is 1. The maximum absolute atomic E-state index is 6.02. The molecule has 25 heavy (non-hydrogen) atoms. The van der Waals surface area contributed by atoms with Gasteiger partial charge in [0.2, 0.25) is 5.75 Å². The third-order valence-corrected chi connectivity index (χ3v) is 4.20. The van der Waals surface area contributed by atoms with E-state index < -0.39 is 0 Å². The second-order valence-corrected chi connectivity index (χ2v) is 5.94. The number of nitrogens with zero attached hydrogens (tertiary/aromatic N) is 1. The van der Waals surface area contributed by atoms with Gasteiger partial charge in [0.25, 0.3) is 0 Å². The van der Waals surface area contributed by atoms with Gasteiger partial charge in [0.05, 0.1) is 27.4 Å². The molecule has 0 heterocycles. The predicted molar refractivity (Wildman–Crippen MR) is 111 cm³/mol. The van der Waals surface area contributed by atoms with Crippen LogP contribution in [-0.4, -0.2) is 32.8 Å². The molecule has 0 aromatic heterocycles. The van der Waals surface area contributed by atoms with Gasteiger partial charge in [-0.15, -0.1) is 24.0 Å². The van der Waals surface area contributed by atoms with Crippen molar-refractivity contribution in [3.8, 4) is 17.2 Å². The molecule has 0 amide bonds. The Hall–Kier alpha value is -1.38. The largest absolute Gasteiger partial charge is 0.493 e. The molecular weight excluding hydrogens is 433 g/mol. The number of nitrogens with two attached hydrogens (primary N) is 1. The number of ether oxygens (including phenoxy) is 3. The van der Waals surface area contributed by atoms with Gasteiger partial charge >= 0.3 is 0 Å². The topological polar surface area (TPSA) is 78.1 Å². The number of methoxy groups -OCH3 is 2. The van der Waals surface area contributed by atoms with Crippen LogP contribution in [0.25, 0.3) is 0 Å². The molecule has 0 radical (unpaired) electrons. The first-order valence-electron chi connectivity index (χ1n) is 8.62. The Balaban J connectivity index is 0.00000312. The number of guanidine groups is 1. The van der Waals surface area contributed by atoms with E-state index in [2.05, 4.69) is 10.3 Å². The lowest BCUT2D eigenvalue weighted by atomic mass is 9.96. The van der Waals surface area contributed by atoms with Crippen LogP contribution in [0.3, 0.4) is 0 Å². The quantitative estimate of drug-likeness (QED) is 0.368. The SMILES string of the molecule is CCOc1c(OC)cc(CN=C(N)NC2CCCCC2)cc1OC.I. The molecule has 1 aromatic carbocycles. The van der Waals surface area contributed by atoms with Crippen molar-refractivity contribution in [2.45, 2.75) is 51.6 Å². The molecule has 0 spiro atoms. The second-order valence-electron chi connectivity index (χ2n) is 5.94. The molecule has 6 nitrogen and oxygen atoms in total. The van der Waals surface area contributed by atoms with Crippen LogP contribution in [0, 0.1) is 0 Å². The molecule has 1 aliphatic rings. The second kappa shape index (κ2) is 11.3. The maximum atomic E-state index is 6.02. The van der Waals surface area contributed by atoms with Crippen molar-refractivity contribution >= 4 is 29.9 Å². The van der Waals surface area contributed by atoms with E-state index in [1.807, 2.05) is 19.1 Å². The summed E-state index contributed by atoms with van der Waals surface area (Å²) in [5, 5.41) is 3.32. The van der Waals surface area contributed by atoms with Crippen LogP contribution in [0.4, 0.5) is 0 Å². The number of aliphatic imine (C=N–C) groups is 1. The zero-order chi connectivity index (χ0) is 17.4. The van der Waals surface area contributed by atoms with Gasteiger partial charge in [0.15, 0.2) is 17.5 Å². The summed E-state index contributed by atoms with van der Waals surface area (Å²) < 4.78 is 16.4. The first kappa shape index (κ1) is 21.7. The van der Waals surface area contributed by atoms with Gasteiger partial charge in [-0.05, 0) is 37.5 Å². The van der Waals surface area contributed by atoms with Crippen LogP contribution in [0.2, 0.25) is 0 Å². The fourth-order valence-corrected chi connectivity index (χ4v) is 2.99. The van der Waals surface area contributed by atoms with E-state index in [-0.39, 0.29) is 24.0 Å². The number of rotatable bonds is 7. The zero-order valence-corrected chi connectivity index (χ0v) is 17.7. The first-order valence-corrected chi connectivity index (χ1v) is 8.62. The van der Waals surface area contributed by atoms with E-state index in [0.29, 0.717) is 42.4 Å². The van der Waals surface area contributed by atoms with Gasteiger partial charge in [-0.3, -0.25) is 0 Å². The maximum Gasteiger partial charge on any atom is 0.203 e. The molecule has 0 aliphatic heterocycles. The average Bonchev–Trinajstić information content (AvgIpc) is 2.61. The predicted octanol–water partition coefficient (Wildman–Crippen LogP) is 3.46. The highest BCUT2D eigenvalue weighted by atomic mass is 127. The van der Waals surface area contributed by atoms with Gasteiger partial charge in [-0.25, -0.2) is 4.99 Å². The first-order chi connectivity index (χ1) is 11.7. The fraction of sp³-hybridized carbons (Fsp3) is 0.611. The minimum Gasteiger partial charge on any atom is -0.493 e. The molecule has 7 heteroatoms. The summed E-state index contributed by atoms with van der Waals surface area (Å²) in [7, 11) is 3.23. The summed E-state index contributed by atoms with van der Waals surface area (Å²) >= 11 is 0. The van der Waals surface area contributed by atoms with Gasteiger partial charge in [-0.1, -0.05) is 19.3 Å². The lowest BCUT2D eigenvalue weighted by Gasteiger charge is -2.23. The Morgan fingerprint density at radius 1 is 1.16 bits per heavy atom. The molecule has 1 aliphatic carbocycles. The third kappa shape index (κ3) is 6.45. The highest BCUT2D eigenvalue weighted by Crippen LogP contribution is 2.38. The Kier molecular flexibility index (Phi) is 9.77. The highest BCUT2D eigenvalue weighted by Gasteiger charge is 2.15. The summed E-state index contributed by atoms with van der Waals surface area (Å²) in [5.74, 6) is 2.39. The van der Waals surface area contributed by atoms with E-state index in [4.69, 9.17) is 19.9 Å². The fourth-order valence-electron chi connectivity index (χ4n) is 2.99. The van der Waals surface area contributed by atoms with Crippen LogP contribution >= 0.6 is 24.0 Å².